The fraction of sp³-hybridized carbons (Fsp3) is 0.444. The van der Waals surface area contributed by atoms with Crippen molar-refractivity contribution in [3.05, 3.63) is 52.2 Å². The number of nitrogens with one attached hydrogen (secondary N) is 1. The van der Waals surface area contributed by atoms with Crippen LogP contribution in [0.4, 0.5) is 5.82 Å². The van der Waals surface area contributed by atoms with Crippen LogP contribution in [0, 0.1) is 0 Å². The van der Waals surface area contributed by atoms with Crippen molar-refractivity contribution < 1.29 is 4.79 Å². The second kappa shape index (κ2) is 9.47. The number of fused-ring (bicyclic) bond motifs is 3. The van der Waals surface area contributed by atoms with Crippen LogP contribution in [0.3, 0.4) is 0 Å². The minimum atomic E-state index is 0.167. The van der Waals surface area contributed by atoms with Crippen molar-refractivity contribution >= 4 is 45.4 Å². The highest BCUT2D eigenvalue weighted by Crippen LogP contribution is 2.40. The second-order valence-electron chi connectivity index (χ2n) is 9.65. The van der Waals surface area contributed by atoms with Gasteiger partial charge in [-0.15, -0.1) is 11.3 Å². The molecule has 0 bridgehead atoms. The maximum absolute atomic E-state index is 12.3. The van der Waals surface area contributed by atoms with E-state index in [1.165, 1.54) is 28.7 Å². The predicted molar refractivity (Wildman–Crippen MR) is 139 cm³/mol. The van der Waals surface area contributed by atoms with Gasteiger partial charge in [-0.3, -0.25) is 9.69 Å². The lowest BCUT2D eigenvalue weighted by Gasteiger charge is -2.35. The van der Waals surface area contributed by atoms with Crippen LogP contribution in [0.5, 0.6) is 0 Å². The summed E-state index contributed by atoms with van der Waals surface area (Å²) in [5.74, 6) is 2.02. The number of hydrogen-bond acceptors (Lipinski definition) is 6. The molecule has 6 nitrogen and oxygen atoms in total. The van der Waals surface area contributed by atoms with Crippen molar-refractivity contribution in [3.8, 4) is 0 Å². The first kappa shape index (κ1) is 21.7. The molecular weight excluding hydrogens is 442 g/mol. The van der Waals surface area contributed by atoms with Gasteiger partial charge in [-0.2, -0.15) is 0 Å². The van der Waals surface area contributed by atoms with E-state index in [9.17, 15) is 4.79 Å². The molecular formula is C27H31N5OS. The number of amides is 1. The van der Waals surface area contributed by atoms with Crippen LogP contribution in [0.1, 0.15) is 47.5 Å². The zero-order valence-corrected chi connectivity index (χ0v) is 20.3. The van der Waals surface area contributed by atoms with Crippen molar-refractivity contribution in [1.82, 2.24) is 20.2 Å². The zero-order chi connectivity index (χ0) is 22.9. The number of aryl methyl sites for hydroxylation is 2. The number of piperazine rings is 1. The lowest BCUT2D eigenvalue weighted by molar-refractivity contribution is -0.122. The van der Waals surface area contributed by atoms with Crippen molar-refractivity contribution in [1.29, 1.82) is 0 Å². The van der Waals surface area contributed by atoms with Crippen molar-refractivity contribution in [2.75, 3.05) is 37.6 Å². The van der Waals surface area contributed by atoms with Gasteiger partial charge in [0.1, 0.15) is 10.6 Å². The molecule has 7 heteroatoms. The number of carbonyl (C=O) groups is 1. The smallest absolute Gasteiger partial charge is 0.234 e. The number of anilines is 1. The Bertz CT molecular complexity index is 1210. The highest BCUT2D eigenvalue weighted by Gasteiger charge is 2.28. The molecule has 0 unspecified atom stereocenters. The molecule has 3 heterocycles. The van der Waals surface area contributed by atoms with Crippen LogP contribution in [0.2, 0.25) is 0 Å². The number of hydrogen-bond donors (Lipinski definition) is 1. The van der Waals surface area contributed by atoms with E-state index in [4.69, 9.17) is 9.97 Å². The number of carbonyl (C=O) groups excluding carboxylic acids is 1. The van der Waals surface area contributed by atoms with Crippen LogP contribution in [0.15, 0.2) is 30.3 Å². The molecule has 2 aliphatic carbocycles. The summed E-state index contributed by atoms with van der Waals surface area (Å²) in [6.45, 7) is 4.03. The molecule has 176 valence electrons. The SMILES string of the molecule is O=C(CN1CCN(c2nc(/C=C/c3ccccc3)nc3sc4c(c23)CCCC4)CC1)NC1CC1. The Morgan fingerprint density at radius 1 is 1.03 bits per heavy atom. The van der Waals surface area contributed by atoms with Gasteiger partial charge in [-0.1, -0.05) is 36.4 Å². The quantitative estimate of drug-likeness (QED) is 0.583. The van der Waals surface area contributed by atoms with E-state index in [2.05, 4.69) is 33.3 Å². The molecule has 2 fully saturated rings. The van der Waals surface area contributed by atoms with Gasteiger partial charge in [0.25, 0.3) is 0 Å². The van der Waals surface area contributed by atoms with Crippen LogP contribution in [0.25, 0.3) is 22.4 Å². The largest absolute Gasteiger partial charge is 0.353 e. The van der Waals surface area contributed by atoms with Crippen LogP contribution < -0.4 is 10.2 Å². The van der Waals surface area contributed by atoms with E-state index in [-0.39, 0.29) is 5.91 Å². The average Bonchev–Trinajstić information content (AvgIpc) is 3.60. The molecule has 2 aromatic heterocycles. The summed E-state index contributed by atoms with van der Waals surface area (Å²) in [7, 11) is 0. The summed E-state index contributed by atoms with van der Waals surface area (Å²) in [6, 6.07) is 10.7. The maximum atomic E-state index is 12.3. The summed E-state index contributed by atoms with van der Waals surface area (Å²) in [5.41, 5.74) is 2.63. The Morgan fingerprint density at radius 3 is 2.62 bits per heavy atom. The summed E-state index contributed by atoms with van der Waals surface area (Å²) in [4.78, 5) is 29.6. The number of thiophene rings is 1. The molecule has 3 aromatic rings. The van der Waals surface area contributed by atoms with Gasteiger partial charge >= 0.3 is 0 Å². The molecule has 1 saturated heterocycles. The highest BCUT2D eigenvalue weighted by atomic mass is 32.1. The van der Waals surface area contributed by atoms with E-state index < -0.39 is 0 Å². The monoisotopic (exact) mass is 473 g/mol. The molecule has 1 N–H and O–H groups in total. The van der Waals surface area contributed by atoms with Gasteiger partial charge in [-0.25, -0.2) is 9.97 Å². The summed E-state index contributed by atoms with van der Waals surface area (Å²) in [5, 5.41) is 4.39. The van der Waals surface area contributed by atoms with E-state index in [1.807, 2.05) is 35.6 Å². The first-order chi connectivity index (χ1) is 16.7. The molecule has 0 radical (unpaired) electrons. The van der Waals surface area contributed by atoms with Crippen molar-refractivity contribution in [2.24, 2.45) is 0 Å². The Hall–Kier alpha value is -2.77. The molecule has 1 amide bonds. The minimum Gasteiger partial charge on any atom is -0.353 e. The molecule has 1 saturated carbocycles. The van der Waals surface area contributed by atoms with Gasteiger partial charge in [0.15, 0.2) is 5.82 Å². The molecule has 0 atom stereocenters. The van der Waals surface area contributed by atoms with Gasteiger partial charge in [-0.05, 0) is 55.7 Å². The topological polar surface area (TPSA) is 61.4 Å². The standard InChI is InChI=1S/C27H31N5OS/c33-24(28-20-11-12-20)18-31-14-16-32(17-15-31)26-25-21-8-4-5-9-22(21)34-27(25)30-23(29-26)13-10-19-6-2-1-3-7-19/h1-3,6-7,10,13,20H,4-5,8-9,11-12,14-18H2,(H,28,33)/b13-10+. The average molecular weight is 474 g/mol. The lowest BCUT2D eigenvalue weighted by atomic mass is 9.97. The summed E-state index contributed by atoms with van der Waals surface area (Å²) in [6.07, 6.45) is 11.2. The fourth-order valence-corrected chi connectivity index (χ4v) is 6.28. The summed E-state index contributed by atoms with van der Waals surface area (Å²) < 4.78 is 0. The Balaban J connectivity index is 1.26. The van der Waals surface area contributed by atoms with E-state index >= 15 is 0 Å². The number of benzene rings is 1. The Morgan fingerprint density at radius 2 is 1.82 bits per heavy atom. The zero-order valence-electron chi connectivity index (χ0n) is 19.5. The molecule has 1 aromatic carbocycles. The maximum Gasteiger partial charge on any atom is 0.234 e. The molecule has 3 aliphatic rings. The molecule has 34 heavy (non-hydrogen) atoms. The third-order valence-corrected chi connectivity index (χ3v) is 8.20. The van der Waals surface area contributed by atoms with Gasteiger partial charge in [0, 0.05) is 37.1 Å². The number of aromatic nitrogens is 2. The van der Waals surface area contributed by atoms with Crippen LogP contribution >= 0.6 is 11.3 Å². The molecule has 1 aliphatic heterocycles. The number of rotatable bonds is 6. The second-order valence-corrected chi connectivity index (χ2v) is 10.7. The van der Waals surface area contributed by atoms with E-state index in [1.54, 1.807) is 0 Å². The predicted octanol–water partition coefficient (Wildman–Crippen LogP) is 4.14. The van der Waals surface area contributed by atoms with E-state index in [0.29, 0.717) is 12.6 Å². The molecule has 6 rings (SSSR count). The van der Waals surface area contributed by atoms with Gasteiger partial charge in [0.05, 0.1) is 11.9 Å². The van der Waals surface area contributed by atoms with Crippen LogP contribution in [-0.4, -0.2) is 59.5 Å². The van der Waals surface area contributed by atoms with E-state index in [0.717, 1.165) is 73.9 Å². The Labute approximate surface area is 204 Å². The highest BCUT2D eigenvalue weighted by molar-refractivity contribution is 7.19. The minimum absolute atomic E-state index is 0.167. The first-order valence-electron chi connectivity index (χ1n) is 12.5. The van der Waals surface area contributed by atoms with Gasteiger partial charge in [0.2, 0.25) is 5.91 Å². The first-order valence-corrected chi connectivity index (χ1v) is 13.4. The van der Waals surface area contributed by atoms with Crippen LogP contribution in [-0.2, 0) is 17.6 Å². The van der Waals surface area contributed by atoms with Gasteiger partial charge < -0.3 is 10.2 Å². The third-order valence-electron chi connectivity index (χ3n) is 7.02. The summed E-state index contributed by atoms with van der Waals surface area (Å²) >= 11 is 1.86. The van der Waals surface area contributed by atoms with Crippen molar-refractivity contribution in [3.63, 3.8) is 0 Å². The normalized spacial score (nSPS) is 19.0. The number of nitrogens with zero attached hydrogens (tertiary/aromatic N) is 4. The fourth-order valence-electron chi connectivity index (χ4n) is 5.01. The molecule has 0 spiro atoms. The Kier molecular flexibility index (Phi) is 6.05. The third kappa shape index (κ3) is 4.72. The van der Waals surface area contributed by atoms with Crippen molar-refractivity contribution in [2.45, 2.75) is 44.6 Å². The lowest BCUT2D eigenvalue weighted by Crippen LogP contribution is -2.50.